The highest BCUT2D eigenvalue weighted by Crippen LogP contribution is 2.36. The van der Waals surface area contributed by atoms with Gasteiger partial charge in [0.1, 0.15) is 11.5 Å². The van der Waals surface area contributed by atoms with Gasteiger partial charge in [-0.3, -0.25) is 9.67 Å². The minimum atomic E-state index is -0.240. The van der Waals surface area contributed by atoms with Crippen molar-refractivity contribution in [1.82, 2.24) is 20.1 Å². The van der Waals surface area contributed by atoms with Gasteiger partial charge in [-0.2, -0.15) is 5.10 Å². The highest BCUT2D eigenvalue weighted by molar-refractivity contribution is 5.85. The molecule has 0 saturated carbocycles. The van der Waals surface area contributed by atoms with Gasteiger partial charge in [-0.05, 0) is 55.8 Å². The highest BCUT2D eigenvalue weighted by Gasteiger charge is 2.30. The number of rotatable bonds is 2. The third-order valence-corrected chi connectivity index (χ3v) is 4.42. The van der Waals surface area contributed by atoms with Crippen LogP contribution in [0.25, 0.3) is 22.4 Å². The summed E-state index contributed by atoms with van der Waals surface area (Å²) < 4.78 is 15.4. The molecule has 0 radical (unpaired) electrons. The van der Waals surface area contributed by atoms with Gasteiger partial charge in [-0.15, -0.1) is 12.4 Å². The Balaban J connectivity index is 0.00000182. The quantitative estimate of drug-likeness (QED) is 0.751. The smallest absolute Gasteiger partial charge is 0.123 e. The Morgan fingerprint density at radius 3 is 2.40 bits per heavy atom. The molecular formula is C19H20ClFN4. The van der Waals surface area contributed by atoms with Crippen molar-refractivity contribution in [2.45, 2.75) is 32.5 Å². The molecule has 0 unspecified atom stereocenters. The fraction of sp³-hybridized carbons (Fsp3) is 0.263. The van der Waals surface area contributed by atoms with E-state index < -0.39 is 0 Å². The SMILES string of the molecule is CC1(C)Cn2nc(-c3ccc(F)cc3)c(-c3ccncc3)c2CN1.Cl. The zero-order chi connectivity index (χ0) is 16.7. The number of hydrogen-bond donors (Lipinski definition) is 1. The Hall–Kier alpha value is -2.24. The maximum absolute atomic E-state index is 13.3. The van der Waals surface area contributed by atoms with E-state index in [9.17, 15) is 4.39 Å². The Kier molecular flexibility index (Phi) is 4.62. The lowest BCUT2D eigenvalue weighted by Gasteiger charge is -2.32. The first-order valence-corrected chi connectivity index (χ1v) is 8.04. The van der Waals surface area contributed by atoms with Crippen molar-refractivity contribution in [2.24, 2.45) is 0 Å². The summed E-state index contributed by atoms with van der Waals surface area (Å²) in [5, 5.41) is 8.42. The minimum absolute atomic E-state index is 0. The van der Waals surface area contributed by atoms with Crippen LogP contribution in [0.2, 0.25) is 0 Å². The molecule has 0 fully saturated rings. The van der Waals surface area contributed by atoms with E-state index in [2.05, 4.69) is 28.8 Å². The summed E-state index contributed by atoms with van der Waals surface area (Å²) in [6, 6.07) is 10.5. The Morgan fingerprint density at radius 1 is 1.04 bits per heavy atom. The molecule has 0 amide bonds. The lowest BCUT2D eigenvalue weighted by atomic mass is 9.97. The largest absolute Gasteiger partial charge is 0.304 e. The summed E-state index contributed by atoms with van der Waals surface area (Å²) in [6.45, 7) is 5.88. The number of pyridine rings is 1. The second-order valence-electron chi connectivity index (χ2n) is 6.81. The van der Waals surface area contributed by atoms with Crippen LogP contribution in [-0.4, -0.2) is 20.3 Å². The van der Waals surface area contributed by atoms with E-state index in [0.717, 1.165) is 41.2 Å². The average Bonchev–Trinajstić information content (AvgIpc) is 2.93. The van der Waals surface area contributed by atoms with Crippen LogP contribution < -0.4 is 5.32 Å². The molecule has 25 heavy (non-hydrogen) atoms. The summed E-state index contributed by atoms with van der Waals surface area (Å²) in [5.74, 6) is -0.240. The molecule has 0 bridgehead atoms. The zero-order valence-electron chi connectivity index (χ0n) is 14.2. The summed E-state index contributed by atoms with van der Waals surface area (Å²) in [5.41, 5.74) is 5.12. The Labute approximate surface area is 152 Å². The van der Waals surface area contributed by atoms with Crippen LogP contribution in [0.15, 0.2) is 48.8 Å². The van der Waals surface area contributed by atoms with E-state index in [-0.39, 0.29) is 23.8 Å². The maximum atomic E-state index is 13.3. The maximum Gasteiger partial charge on any atom is 0.123 e. The molecule has 0 atom stereocenters. The topological polar surface area (TPSA) is 42.7 Å². The fourth-order valence-corrected chi connectivity index (χ4v) is 3.19. The van der Waals surface area contributed by atoms with Gasteiger partial charge in [0, 0.05) is 35.6 Å². The number of nitrogens with one attached hydrogen (secondary N) is 1. The summed E-state index contributed by atoms with van der Waals surface area (Å²) >= 11 is 0. The van der Waals surface area contributed by atoms with Gasteiger partial charge in [-0.25, -0.2) is 4.39 Å². The van der Waals surface area contributed by atoms with Crippen molar-refractivity contribution >= 4 is 12.4 Å². The first-order valence-electron chi connectivity index (χ1n) is 8.04. The molecule has 0 saturated heterocycles. The van der Waals surface area contributed by atoms with E-state index in [4.69, 9.17) is 5.10 Å². The third-order valence-electron chi connectivity index (χ3n) is 4.42. The number of halogens is 2. The second-order valence-corrected chi connectivity index (χ2v) is 6.81. The third kappa shape index (κ3) is 3.30. The molecule has 0 aliphatic carbocycles. The average molecular weight is 359 g/mol. The van der Waals surface area contributed by atoms with Crippen LogP contribution in [0.4, 0.5) is 4.39 Å². The number of fused-ring (bicyclic) bond motifs is 1. The van der Waals surface area contributed by atoms with Crippen molar-refractivity contribution in [1.29, 1.82) is 0 Å². The summed E-state index contributed by atoms with van der Waals surface area (Å²) in [7, 11) is 0. The monoisotopic (exact) mass is 358 g/mol. The molecule has 1 aliphatic heterocycles. The number of aromatic nitrogens is 3. The normalized spacial score (nSPS) is 15.3. The van der Waals surface area contributed by atoms with E-state index in [1.165, 1.54) is 12.1 Å². The van der Waals surface area contributed by atoms with Crippen LogP contribution in [0, 0.1) is 5.82 Å². The molecule has 1 aliphatic rings. The van der Waals surface area contributed by atoms with Crippen molar-refractivity contribution in [3.8, 4) is 22.4 Å². The lowest BCUT2D eigenvalue weighted by Crippen LogP contribution is -2.47. The van der Waals surface area contributed by atoms with Crippen LogP contribution in [0.3, 0.4) is 0 Å². The van der Waals surface area contributed by atoms with Gasteiger partial charge in [0.15, 0.2) is 0 Å². The molecule has 3 heterocycles. The molecule has 0 spiro atoms. The highest BCUT2D eigenvalue weighted by atomic mass is 35.5. The molecule has 4 rings (SSSR count). The molecule has 6 heteroatoms. The van der Waals surface area contributed by atoms with Crippen molar-refractivity contribution in [3.63, 3.8) is 0 Å². The van der Waals surface area contributed by atoms with Gasteiger partial charge in [0.05, 0.1) is 12.2 Å². The number of nitrogens with zero attached hydrogens (tertiary/aromatic N) is 3. The molecule has 1 aromatic carbocycles. The summed E-state index contributed by atoms with van der Waals surface area (Å²) in [4.78, 5) is 4.11. The van der Waals surface area contributed by atoms with Crippen molar-refractivity contribution in [3.05, 3.63) is 60.3 Å². The van der Waals surface area contributed by atoms with E-state index in [0.29, 0.717) is 0 Å². The summed E-state index contributed by atoms with van der Waals surface area (Å²) in [6.07, 6.45) is 3.57. The van der Waals surface area contributed by atoms with Gasteiger partial charge in [0.25, 0.3) is 0 Å². The predicted molar refractivity (Wildman–Crippen MR) is 99.0 cm³/mol. The predicted octanol–water partition coefficient (Wildman–Crippen LogP) is 4.05. The molecule has 1 N–H and O–H groups in total. The first kappa shape index (κ1) is 17.6. The van der Waals surface area contributed by atoms with Gasteiger partial charge < -0.3 is 5.32 Å². The molecular weight excluding hydrogens is 339 g/mol. The van der Waals surface area contributed by atoms with E-state index in [1.54, 1.807) is 24.5 Å². The van der Waals surface area contributed by atoms with E-state index >= 15 is 0 Å². The first-order chi connectivity index (χ1) is 11.5. The van der Waals surface area contributed by atoms with Crippen molar-refractivity contribution in [2.75, 3.05) is 0 Å². The lowest BCUT2D eigenvalue weighted by molar-refractivity contribution is 0.278. The van der Waals surface area contributed by atoms with Gasteiger partial charge in [-0.1, -0.05) is 0 Å². The molecule has 3 aromatic rings. The number of benzene rings is 1. The van der Waals surface area contributed by atoms with Gasteiger partial charge >= 0.3 is 0 Å². The molecule has 4 nitrogen and oxygen atoms in total. The minimum Gasteiger partial charge on any atom is -0.304 e. The van der Waals surface area contributed by atoms with E-state index in [1.807, 2.05) is 12.1 Å². The van der Waals surface area contributed by atoms with Crippen LogP contribution in [0.1, 0.15) is 19.5 Å². The van der Waals surface area contributed by atoms with Crippen LogP contribution in [-0.2, 0) is 13.1 Å². The van der Waals surface area contributed by atoms with Crippen LogP contribution >= 0.6 is 12.4 Å². The molecule has 2 aromatic heterocycles. The standard InChI is InChI=1S/C19H19FN4.ClH/c1-19(2)12-24-16(11-22-19)17(13-7-9-21-10-8-13)18(23-24)14-3-5-15(20)6-4-14;/h3-10,22H,11-12H2,1-2H3;1H. The Bertz CT molecular complexity index is 872. The molecule has 130 valence electrons. The Morgan fingerprint density at radius 2 is 1.72 bits per heavy atom. The second kappa shape index (κ2) is 6.58. The zero-order valence-corrected chi connectivity index (χ0v) is 15.0. The van der Waals surface area contributed by atoms with Gasteiger partial charge in [0.2, 0.25) is 0 Å². The number of hydrogen-bond acceptors (Lipinski definition) is 3. The van der Waals surface area contributed by atoms with Crippen molar-refractivity contribution < 1.29 is 4.39 Å². The fourth-order valence-electron chi connectivity index (χ4n) is 3.19. The van der Waals surface area contributed by atoms with Crippen LogP contribution in [0.5, 0.6) is 0 Å².